The molecule has 21 heavy (non-hydrogen) atoms. The van der Waals surface area contributed by atoms with Gasteiger partial charge in [-0.1, -0.05) is 12.1 Å². The summed E-state index contributed by atoms with van der Waals surface area (Å²) < 4.78 is 23.1. The standard InChI is InChI=1S/C17H17FO3/c1-20-16-8-4-14(5-9-16)17(19)12-21-11-10-13-2-6-15(18)7-3-13/h2-9H,10-12H2,1H3. The Balaban J connectivity index is 1.74. The Morgan fingerprint density at radius 3 is 2.33 bits per heavy atom. The predicted molar refractivity (Wildman–Crippen MR) is 78.2 cm³/mol. The van der Waals surface area contributed by atoms with E-state index in [0.29, 0.717) is 24.3 Å². The Morgan fingerprint density at radius 2 is 1.71 bits per heavy atom. The molecular formula is C17H17FO3. The largest absolute Gasteiger partial charge is 0.497 e. The van der Waals surface area contributed by atoms with E-state index in [4.69, 9.17) is 9.47 Å². The molecule has 0 aliphatic rings. The van der Waals surface area contributed by atoms with E-state index in [-0.39, 0.29) is 18.2 Å². The number of carbonyl (C=O) groups is 1. The summed E-state index contributed by atoms with van der Waals surface area (Å²) in [4.78, 5) is 11.9. The van der Waals surface area contributed by atoms with Gasteiger partial charge in [-0.05, 0) is 48.4 Å². The second kappa shape index (κ2) is 7.55. The highest BCUT2D eigenvalue weighted by Crippen LogP contribution is 2.12. The van der Waals surface area contributed by atoms with Crippen molar-refractivity contribution in [3.8, 4) is 5.75 Å². The molecule has 0 spiro atoms. The molecule has 0 aliphatic heterocycles. The molecule has 2 aromatic rings. The smallest absolute Gasteiger partial charge is 0.188 e. The number of rotatable bonds is 7. The van der Waals surface area contributed by atoms with Crippen molar-refractivity contribution in [2.45, 2.75) is 6.42 Å². The Morgan fingerprint density at radius 1 is 1.05 bits per heavy atom. The van der Waals surface area contributed by atoms with Crippen molar-refractivity contribution in [3.05, 3.63) is 65.5 Å². The summed E-state index contributed by atoms with van der Waals surface area (Å²) in [5, 5.41) is 0. The molecule has 0 aromatic heterocycles. The Kier molecular flexibility index (Phi) is 5.46. The number of carbonyl (C=O) groups excluding carboxylic acids is 1. The summed E-state index contributed by atoms with van der Waals surface area (Å²) in [7, 11) is 1.58. The van der Waals surface area contributed by atoms with Gasteiger partial charge in [0, 0.05) is 5.56 Å². The van der Waals surface area contributed by atoms with Gasteiger partial charge in [-0.2, -0.15) is 0 Å². The minimum atomic E-state index is -0.255. The van der Waals surface area contributed by atoms with Crippen LogP contribution >= 0.6 is 0 Å². The zero-order chi connectivity index (χ0) is 15.1. The van der Waals surface area contributed by atoms with Crippen molar-refractivity contribution in [3.63, 3.8) is 0 Å². The van der Waals surface area contributed by atoms with Gasteiger partial charge in [0.05, 0.1) is 13.7 Å². The van der Waals surface area contributed by atoms with Crippen molar-refractivity contribution in [2.75, 3.05) is 20.3 Å². The van der Waals surface area contributed by atoms with E-state index in [1.165, 1.54) is 12.1 Å². The lowest BCUT2D eigenvalue weighted by Crippen LogP contribution is -2.10. The Hall–Kier alpha value is -2.20. The third-order valence-corrected chi connectivity index (χ3v) is 3.09. The van der Waals surface area contributed by atoms with Gasteiger partial charge >= 0.3 is 0 Å². The third-order valence-electron chi connectivity index (χ3n) is 3.09. The summed E-state index contributed by atoms with van der Waals surface area (Å²) >= 11 is 0. The summed E-state index contributed by atoms with van der Waals surface area (Å²) in [6.07, 6.45) is 0.649. The number of hydrogen-bond donors (Lipinski definition) is 0. The number of halogens is 1. The van der Waals surface area contributed by atoms with Gasteiger partial charge in [0.1, 0.15) is 18.2 Å². The van der Waals surface area contributed by atoms with Crippen LogP contribution in [0, 0.1) is 5.82 Å². The zero-order valence-corrected chi connectivity index (χ0v) is 11.8. The van der Waals surface area contributed by atoms with Crippen LogP contribution in [0.2, 0.25) is 0 Å². The minimum absolute atomic E-state index is 0.0352. The maximum absolute atomic E-state index is 12.7. The van der Waals surface area contributed by atoms with Crippen LogP contribution in [0.4, 0.5) is 4.39 Å². The molecule has 0 fully saturated rings. The molecule has 0 bridgehead atoms. The first-order valence-corrected chi connectivity index (χ1v) is 6.68. The van der Waals surface area contributed by atoms with Gasteiger partial charge in [0.25, 0.3) is 0 Å². The van der Waals surface area contributed by atoms with Crippen LogP contribution in [0.3, 0.4) is 0 Å². The topological polar surface area (TPSA) is 35.5 Å². The zero-order valence-electron chi connectivity index (χ0n) is 11.8. The second-order valence-electron chi connectivity index (χ2n) is 4.58. The highest BCUT2D eigenvalue weighted by atomic mass is 19.1. The molecule has 110 valence electrons. The highest BCUT2D eigenvalue weighted by molar-refractivity contribution is 5.97. The summed E-state index contributed by atoms with van der Waals surface area (Å²) in [5.74, 6) is 0.384. The van der Waals surface area contributed by atoms with Crippen molar-refractivity contribution in [2.24, 2.45) is 0 Å². The first-order valence-electron chi connectivity index (χ1n) is 6.68. The molecule has 2 rings (SSSR count). The van der Waals surface area contributed by atoms with Crippen LogP contribution < -0.4 is 4.74 Å². The van der Waals surface area contributed by atoms with E-state index in [1.807, 2.05) is 0 Å². The maximum atomic E-state index is 12.7. The second-order valence-corrected chi connectivity index (χ2v) is 4.58. The maximum Gasteiger partial charge on any atom is 0.188 e. The van der Waals surface area contributed by atoms with E-state index in [1.54, 1.807) is 43.5 Å². The summed E-state index contributed by atoms with van der Waals surface area (Å²) in [5.41, 5.74) is 1.57. The van der Waals surface area contributed by atoms with Gasteiger partial charge < -0.3 is 9.47 Å². The monoisotopic (exact) mass is 288 g/mol. The highest BCUT2D eigenvalue weighted by Gasteiger charge is 2.06. The first kappa shape index (κ1) is 15.2. The van der Waals surface area contributed by atoms with E-state index < -0.39 is 0 Å². The fourth-order valence-electron chi connectivity index (χ4n) is 1.87. The molecule has 3 nitrogen and oxygen atoms in total. The molecule has 0 aliphatic carbocycles. The lowest BCUT2D eigenvalue weighted by molar-refractivity contribution is 0.0765. The number of methoxy groups -OCH3 is 1. The average Bonchev–Trinajstić information content (AvgIpc) is 2.53. The number of hydrogen-bond acceptors (Lipinski definition) is 3. The van der Waals surface area contributed by atoms with Gasteiger partial charge in [-0.25, -0.2) is 4.39 Å². The van der Waals surface area contributed by atoms with E-state index in [0.717, 1.165) is 5.56 Å². The molecule has 0 unspecified atom stereocenters. The lowest BCUT2D eigenvalue weighted by Gasteiger charge is -2.05. The quantitative estimate of drug-likeness (QED) is 0.579. The molecule has 0 atom stereocenters. The molecule has 0 N–H and O–H groups in total. The van der Waals surface area contributed by atoms with Crippen molar-refractivity contribution in [1.82, 2.24) is 0 Å². The van der Waals surface area contributed by atoms with Crippen LogP contribution in [-0.2, 0) is 11.2 Å². The minimum Gasteiger partial charge on any atom is -0.497 e. The lowest BCUT2D eigenvalue weighted by atomic mass is 10.1. The average molecular weight is 288 g/mol. The summed E-state index contributed by atoms with van der Waals surface area (Å²) in [6.45, 7) is 0.459. The molecule has 0 heterocycles. The molecule has 0 radical (unpaired) electrons. The third kappa shape index (κ3) is 4.68. The van der Waals surface area contributed by atoms with E-state index in [9.17, 15) is 9.18 Å². The van der Waals surface area contributed by atoms with Crippen LogP contribution in [0.25, 0.3) is 0 Å². The molecule has 0 saturated carbocycles. The van der Waals surface area contributed by atoms with E-state index >= 15 is 0 Å². The van der Waals surface area contributed by atoms with Gasteiger partial charge in [0.15, 0.2) is 5.78 Å². The molecular weight excluding hydrogens is 271 g/mol. The van der Waals surface area contributed by atoms with E-state index in [2.05, 4.69) is 0 Å². The van der Waals surface area contributed by atoms with Crippen LogP contribution in [-0.4, -0.2) is 26.1 Å². The fourth-order valence-corrected chi connectivity index (χ4v) is 1.87. The van der Waals surface area contributed by atoms with Gasteiger partial charge in [0.2, 0.25) is 0 Å². The predicted octanol–water partition coefficient (Wildman–Crippen LogP) is 3.28. The number of benzene rings is 2. The SMILES string of the molecule is COc1ccc(C(=O)COCCc2ccc(F)cc2)cc1. The van der Waals surface area contributed by atoms with Crippen LogP contribution in [0.15, 0.2) is 48.5 Å². The molecule has 4 heteroatoms. The summed E-state index contributed by atoms with van der Waals surface area (Å²) in [6, 6.07) is 13.2. The van der Waals surface area contributed by atoms with Crippen molar-refractivity contribution in [1.29, 1.82) is 0 Å². The van der Waals surface area contributed by atoms with Crippen LogP contribution in [0.5, 0.6) is 5.75 Å². The van der Waals surface area contributed by atoms with Gasteiger partial charge in [-0.3, -0.25) is 4.79 Å². The van der Waals surface area contributed by atoms with Crippen LogP contribution in [0.1, 0.15) is 15.9 Å². The molecule has 2 aromatic carbocycles. The first-order chi connectivity index (χ1) is 10.2. The number of ketones is 1. The van der Waals surface area contributed by atoms with Crippen molar-refractivity contribution >= 4 is 5.78 Å². The van der Waals surface area contributed by atoms with Crippen molar-refractivity contribution < 1.29 is 18.7 Å². The molecule has 0 saturated heterocycles. The number of ether oxygens (including phenoxy) is 2. The number of Topliss-reactive ketones (excluding diaryl/α,β-unsaturated/α-hetero) is 1. The normalized spacial score (nSPS) is 10.4. The van der Waals surface area contributed by atoms with Gasteiger partial charge in [-0.15, -0.1) is 0 Å². The Bertz CT molecular complexity index is 576. The Labute approximate surface area is 123 Å². The fraction of sp³-hybridized carbons (Fsp3) is 0.235. The molecule has 0 amide bonds.